The quantitative estimate of drug-likeness (QED) is 0.790. The molecule has 2 N–H and O–H groups in total. The standard InChI is InChI=1S/C18H27NO4/c1-19(15-5-3-2-4-6-15)10-16(20)12-21-11-14-7-8-17-18(9-14)23-13-22-17/h7-9,15-16,20H,2-6,10-13H2,1H3/p+1/t16-/m0/s1. The van der Waals surface area contributed by atoms with Gasteiger partial charge in [-0.3, -0.25) is 0 Å². The lowest BCUT2D eigenvalue weighted by molar-refractivity contribution is -0.910. The molecule has 0 aromatic heterocycles. The summed E-state index contributed by atoms with van der Waals surface area (Å²) >= 11 is 0. The molecule has 0 bridgehead atoms. The topological polar surface area (TPSA) is 52.4 Å². The highest BCUT2D eigenvalue weighted by atomic mass is 16.7. The molecule has 0 amide bonds. The number of aliphatic hydroxyl groups excluding tert-OH is 1. The first kappa shape index (κ1) is 16.6. The van der Waals surface area contributed by atoms with Crippen LogP contribution in [-0.4, -0.2) is 44.2 Å². The molecule has 1 aliphatic heterocycles. The van der Waals surface area contributed by atoms with E-state index in [4.69, 9.17) is 14.2 Å². The van der Waals surface area contributed by atoms with Crippen molar-refractivity contribution in [3.8, 4) is 11.5 Å². The average Bonchev–Trinajstić information content (AvgIpc) is 3.03. The van der Waals surface area contributed by atoms with Gasteiger partial charge in [-0.15, -0.1) is 0 Å². The number of fused-ring (bicyclic) bond motifs is 1. The Balaban J connectivity index is 1.38. The molecule has 5 heteroatoms. The predicted octanol–water partition coefficient (Wildman–Crippen LogP) is 1.14. The maximum atomic E-state index is 10.2. The third-order valence-corrected chi connectivity index (χ3v) is 4.88. The molecule has 1 heterocycles. The van der Waals surface area contributed by atoms with Gasteiger partial charge in [-0.05, 0) is 43.4 Å². The van der Waals surface area contributed by atoms with Crippen molar-refractivity contribution >= 4 is 0 Å². The number of hydrogen-bond acceptors (Lipinski definition) is 4. The Morgan fingerprint density at radius 2 is 2.00 bits per heavy atom. The first-order valence-electron chi connectivity index (χ1n) is 8.69. The van der Waals surface area contributed by atoms with Crippen LogP contribution in [0.2, 0.25) is 0 Å². The highest BCUT2D eigenvalue weighted by Crippen LogP contribution is 2.32. The fourth-order valence-electron chi connectivity index (χ4n) is 3.54. The zero-order valence-corrected chi connectivity index (χ0v) is 13.9. The van der Waals surface area contributed by atoms with Gasteiger partial charge in [0.2, 0.25) is 6.79 Å². The smallest absolute Gasteiger partial charge is 0.231 e. The molecule has 2 atom stereocenters. The van der Waals surface area contributed by atoms with Gasteiger partial charge >= 0.3 is 0 Å². The van der Waals surface area contributed by atoms with Gasteiger partial charge in [-0.1, -0.05) is 12.5 Å². The largest absolute Gasteiger partial charge is 0.454 e. The van der Waals surface area contributed by atoms with E-state index in [2.05, 4.69) is 7.05 Å². The number of likely N-dealkylation sites (N-methyl/N-ethyl adjacent to an activating group) is 1. The molecule has 1 aromatic rings. The van der Waals surface area contributed by atoms with Crippen LogP contribution in [-0.2, 0) is 11.3 Å². The highest BCUT2D eigenvalue weighted by molar-refractivity contribution is 5.44. The second-order valence-electron chi connectivity index (χ2n) is 6.74. The Morgan fingerprint density at radius 1 is 1.22 bits per heavy atom. The number of rotatable bonds is 7. The maximum absolute atomic E-state index is 10.2. The van der Waals surface area contributed by atoms with Crippen molar-refractivity contribution in [2.45, 2.75) is 50.9 Å². The molecule has 1 aliphatic carbocycles. The predicted molar refractivity (Wildman–Crippen MR) is 86.9 cm³/mol. The summed E-state index contributed by atoms with van der Waals surface area (Å²) in [6.07, 6.45) is 6.20. The molecule has 3 rings (SSSR count). The number of quaternary nitrogens is 1. The van der Waals surface area contributed by atoms with E-state index in [1.807, 2.05) is 18.2 Å². The van der Waals surface area contributed by atoms with Gasteiger partial charge in [-0.2, -0.15) is 0 Å². The Bertz CT molecular complexity index is 502. The first-order chi connectivity index (χ1) is 11.2. The summed E-state index contributed by atoms with van der Waals surface area (Å²) in [6, 6.07) is 6.51. The van der Waals surface area contributed by atoms with Crippen LogP contribution in [0.4, 0.5) is 0 Å². The molecule has 128 valence electrons. The summed E-state index contributed by atoms with van der Waals surface area (Å²) in [5, 5.41) is 10.2. The van der Waals surface area contributed by atoms with E-state index in [-0.39, 0.29) is 6.79 Å². The van der Waals surface area contributed by atoms with Gasteiger partial charge in [0.05, 0.1) is 26.3 Å². The number of aliphatic hydroxyl groups is 1. The molecule has 23 heavy (non-hydrogen) atoms. The monoisotopic (exact) mass is 322 g/mol. The summed E-state index contributed by atoms with van der Waals surface area (Å²) in [7, 11) is 2.19. The summed E-state index contributed by atoms with van der Waals surface area (Å²) < 4.78 is 16.3. The Morgan fingerprint density at radius 3 is 2.83 bits per heavy atom. The minimum Gasteiger partial charge on any atom is -0.454 e. The third-order valence-electron chi connectivity index (χ3n) is 4.88. The van der Waals surface area contributed by atoms with Crippen LogP contribution in [0.5, 0.6) is 11.5 Å². The van der Waals surface area contributed by atoms with Gasteiger partial charge in [0.25, 0.3) is 0 Å². The minimum atomic E-state index is -0.411. The number of ether oxygens (including phenoxy) is 3. The zero-order valence-electron chi connectivity index (χ0n) is 13.9. The first-order valence-corrected chi connectivity index (χ1v) is 8.69. The van der Waals surface area contributed by atoms with Crippen LogP contribution in [0.15, 0.2) is 18.2 Å². The van der Waals surface area contributed by atoms with E-state index < -0.39 is 6.10 Å². The fourth-order valence-corrected chi connectivity index (χ4v) is 3.54. The lowest BCUT2D eigenvalue weighted by Gasteiger charge is -2.29. The number of benzene rings is 1. The molecule has 0 radical (unpaired) electrons. The SMILES string of the molecule is C[NH+](C[C@H](O)COCc1ccc2c(c1)OCO2)C1CCCCC1. The van der Waals surface area contributed by atoms with Crippen molar-refractivity contribution in [1.29, 1.82) is 0 Å². The lowest BCUT2D eigenvalue weighted by atomic mass is 9.94. The molecule has 1 saturated carbocycles. The fraction of sp³-hybridized carbons (Fsp3) is 0.667. The van der Waals surface area contributed by atoms with Gasteiger partial charge in [0.15, 0.2) is 11.5 Å². The van der Waals surface area contributed by atoms with Gasteiger partial charge < -0.3 is 24.2 Å². The van der Waals surface area contributed by atoms with E-state index in [1.54, 1.807) is 0 Å². The van der Waals surface area contributed by atoms with Gasteiger partial charge in [-0.25, -0.2) is 0 Å². The Kier molecular flexibility index (Phi) is 5.75. The van der Waals surface area contributed by atoms with Crippen molar-refractivity contribution in [3.63, 3.8) is 0 Å². The molecule has 1 fully saturated rings. The lowest BCUT2D eigenvalue weighted by Crippen LogP contribution is -3.14. The maximum Gasteiger partial charge on any atom is 0.231 e. The normalized spacial score (nSPS) is 20.4. The van der Waals surface area contributed by atoms with Crippen molar-refractivity contribution in [1.82, 2.24) is 0 Å². The molecule has 1 aromatic carbocycles. The Labute approximate surface area is 138 Å². The molecule has 5 nitrogen and oxygen atoms in total. The second kappa shape index (κ2) is 7.99. The summed E-state index contributed by atoms with van der Waals surface area (Å²) in [6.45, 7) is 1.90. The van der Waals surface area contributed by atoms with Crippen LogP contribution in [0.3, 0.4) is 0 Å². The summed E-state index contributed by atoms with van der Waals surface area (Å²) in [5.41, 5.74) is 1.04. The third kappa shape index (κ3) is 4.59. The number of nitrogens with one attached hydrogen (secondary N) is 1. The minimum absolute atomic E-state index is 0.286. The van der Waals surface area contributed by atoms with E-state index >= 15 is 0 Å². The van der Waals surface area contributed by atoms with E-state index in [1.165, 1.54) is 37.0 Å². The van der Waals surface area contributed by atoms with Crippen molar-refractivity contribution < 1.29 is 24.2 Å². The van der Waals surface area contributed by atoms with Crippen LogP contribution in [0.1, 0.15) is 37.7 Å². The molecule has 1 unspecified atom stereocenters. The van der Waals surface area contributed by atoms with E-state index in [0.717, 1.165) is 23.6 Å². The molecule has 0 saturated heterocycles. The molecule has 2 aliphatic rings. The Hall–Kier alpha value is -1.30. The highest BCUT2D eigenvalue weighted by Gasteiger charge is 2.23. The summed E-state index contributed by atoms with van der Waals surface area (Å²) in [4.78, 5) is 1.43. The zero-order chi connectivity index (χ0) is 16.1. The van der Waals surface area contributed by atoms with Gasteiger partial charge in [0.1, 0.15) is 12.6 Å². The molecular formula is C18H28NO4+. The van der Waals surface area contributed by atoms with Crippen molar-refractivity contribution in [2.24, 2.45) is 0 Å². The summed E-state index contributed by atoms with van der Waals surface area (Å²) in [5.74, 6) is 1.56. The number of hydrogen-bond donors (Lipinski definition) is 2. The van der Waals surface area contributed by atoms with E-state index in [0.29, 0.717) is 19.3 Å². The average molecular weight is 322 g/mol. The van der Waals surface area contributed by atoms with Gasteiger partial charge in [0, 0.05) is 0 Å². The van der Waals surface area contributed by atoms with Crippen LogP contribution >= 0.6 is 0 Å². The van der Waals surface area contributed by atoms with Crippen molar-refractivity contribution in [2.75, 3.05) is 27.0 Å². The van der Waals surface area contributed by atoms with Crippen LogP contribution in [0.25, 0.3) is 0 Å². The van der Waals surface area contributed by atoms with E-state index in [9.17, 15) is 5.11 Å². The van der Waals surface area contributed by atoms with Crippen LogP contribution in [0, 0.1) is 0 Å². The van der Waals surface area contributed by atoms with Crippen molar-refractivity contribution in [3.05, 3.63) is 23.8 Å². The second-order valence-corrected chi connectivity index (χ2v) is 6.74. The molecular weight excluding hydrogens is 294 g/mol. The van der Waals surface area contributed by atoms with Crippen LogP contribution < -0.4 is 14.4 Å². The molecule has 0 spiro atoms.